The molecule has 0 aromatic heterocycles. The summed E-state index contributed by atoms with van der Waals surface area (Å²) in [7, 11) is 1.38. The molecular formula is C2H6N2O3. The lowest BCUT2D eigenvalue weighted by molar-refractivity contribution is -0.323. The summed E-state index contributed by atoms with van der Waals surface area (Å²) in [6.45, 7) is 0. The van der Waals surface area contributed by atoms with Gasteiger partial charge in [0.05, 0.1) is 0 Å². The SMILES string of the molecule is CN(C=O)NOO. The first kappa shape index (κ1) is 6.35. The normalized spacial score (nSPS) is 8.29. The zero-order valence-corrected chi connectivity index (χ0v) is 3.79. The van der Waals surface area contributed by atoms with Crippen LogP contribution in [0.25, 0.3) is 0 Å². The molecule has 0 saturated carbocycles. The van der Waals surface area contributed by atoms with Crippen molar-refractivity contribution in [1.29, 1.82) is 0 Å². The van der Waals surface area contributed by atoms with E-state index in [9.17, 15) is 4.79 Å². The highest BCUT2D eigenvalue weighted by Crippen LogP contribution is 1.59. The van der Waals surface area contributed by atoms with Crippen molar-refractivity contribution in [2.75, 3.05) is 7.05 Å². The molecule has 0 heterocycles. The van der Waals surface area contributed by atoms with Crippen LogP contribution in [0.3, 0.4) is 0 Å². The molecule has 0 atom stereocenters. The number of nitrogens with zero attached hydrogens (tertiary/aromatic N) is 1. The van der Waals surface area contributed by atoms with Gasteiger partial charge < -0.3 is 0 Å². The maximum Gasteiger partial charge on any atom is 0.225 e. The van der Waals surface area contributed by atoms with E-state index in [0.717, 1.165) is 5.01 Å². The maximum absolute atomic E-state index is 9.57. The van der Waals surface area contributed by atoms with Crippen molar-refractivity contribution in [3.05, 3.63) is 0 Å². The predicted octanol–water partition coefficient (Wildman–Crippen LogP) is -1.02. The van der Waals surface area contributed by atoms with Crippen molar-refractivity contribution in [1.82, 2.24) is 10.6 Å². The lowest BCUT2D eigenvalue weighted by atomic mass is 11.2. The van der Waals surface area contributed by atoms with E-state index >= 15 is 0 Å². The highest BCUT2D eigenvalue weighted by atomic mass is 17.2. The number of amides is 1. The van der Waals surface area contributed by atoms with Gasteiger partial charge in [0, 0.05) is 7.05 Å². The van der Waals surface area contributed by atoms with Crippen LogP contribution in [0, 0.1) is 0 Å². The van der Waals surface area contributed by atoms with E-state index in [1.54, 1.807) is 0 Å². The summed E-state index contributed by atoms with van der Waals surface area (Å²) in [5.41, 5.74) is 1.82. The fourth-order valence-corrected chi connectivity index (χ4v) is 0.0859. The van der Waals surface area contributed by atoms with Crippen molar-refractivity contribution in [3.8, 4) is 0 Å². The largest absolute Gasteiger partial charge is 0.277 e. The molecule has 5 heteroatoms. The summed E-state index contributed by atoms with van der Waals surface area (Å²) >= 11 is 0. The molecule has 0 aromatic rings. The van der Waals surface area contributed by atoms with E-state index in [-0.39, 0.29) is 0 Å². The zero-order valence-electron chi connectivity index (χ0n) is 3.79. The summed E-state index contributed by atoms with van der Waals surface area (Å²) in [6, 6.07) is 0. The molecule has 0 fully saturated rings. The number of hydrazine groups is 1. The van der Waals surface area contributed by atoms with E-state index in [4.69, 9.17) is 5.26 Å². The standard InChI is InChI=1S/C2H6N2O3/c1-4(2-5)3-7-6/h2-3,6H,1H3. The first-order valence-electron chi connectivity index (χ1n) is 1.55. The van der Waals surface area contributed by atoms with Crippen LogP contribution in [-0.2, 0) is 9.78 Å². The van der Waals surface area contributed by atoms with E-state index < -0.39 is 0 Å². The van der Waals surface area contributed by atoms with Gasteiger partial charge in [-0.2, -0.15) is 0 Å². The van der Waals surface area contributed by atoms with Crippen LogP contribution in [0.5, 0.6) is 0 Å². The third kappa shape index (κ3) is 3.17. The molecule has 7 heavy (non-hydrogen) atoms. The van der Waals surface area contributed by atoms with Crippen LogP contribution < -0.4 is 5.59 Å². The zero-order chi connectivity index (χ0) is 5.70. The summed E-state index contributed by atoms with van der Waals surface area (Å²) in [5.74, 6) is 0. The Balaban J connectivity index is 2.98. The molecule has 0 unspecified atom stereocenters. The minimum atomic E-state index is 0.441. The molecule has 0 radical (unpaired) electrons. The minimum absolute atomic E-state index is 0.441. The van der Waals surface area contributed by atoms with Crippen molar-refractivity contribution in [2.45, 2.75) is 0 Å². The molecule has 0 aliphatic carbocycles. The van der Waals surface area contributed by atoms with Gasteiger partial charge in [-0.05, 0) is 0 Å². The Labute approximate surface area is 40.3 Å². The average molecular weight is 106 g/mol. The van der Waals surface area contributed by atoms with Crippen LogP contribution in [0.2, 0.25) is 0 Å². The van der Waals surface area contributed by atoms with Gasteiger partial charge in [-0.3, -0.25) is 9.80 Å². The number of carbonyl (C=O) groups is 1. The Kier molecular flexibility index (Phi) is 3.21. The fraction of sp³-hybridized carbons (Fsp3) is 0.500. The third-order valence-corrected chi connectivity index (χ3v) is 0.343. The predicted molar refractivity (Wildman–Crippen MR) is 20.7 cm³/mol. The molecule has 0 aliphatic rings. The fourth-order valence-electron chi connectivity index (χ4n) is 0.0859. The van der Waals surface area contributed by atoms with Crippen LogP contribution in [0.1, 0.15) is 0 Å². The van der Waals surface area contributed by atoms with E-state index in [0.29, 0.717) is 6.41 Å². The second kappa shape index (κ2) is 3.54. The Bertz CT molecular complexity index is 56.9. The number of carbonyl (C=O) groups excluding carboxylic acids is 1. The van der Waals surface area contributed by atoms with Gasteiger partial charge in [0.1, 0.15) is 0 Å². The molecule has 0 saturated heterocycles. The van der Waals surface area contributed by atoms with Crippen LogP contribution in [0.15, 0.2) is 0 Å². The molecule has 0 rings (SSSR count). The highest BCUT2D eigenvalue weighted by Gasteiger charge is 1.84. The number of nitrogens with one attached hydrogen (secondary N) is 1. The van der Waals surface area contributed by atoms with Gasteiger partial charge in [0.2, 0.25) is 6.41 Å². The molecule has 0 aliphatic heterocycles. The van der Waals surface area contributed by atoms with Gasteiger partial charge in [-0.25, -0.2) is 5.26 Å². The van der Waals surface area contributed by atoms with Gasteiger partial charge in [0.15, 0.2) is 0 Å². The van der Waals surface area contributed by atoms with E-state index in [1.807, 2.05) is 5.59 Å². The van der Waals surface area contributed by atoms with Crippen LogP contribution >= 0.6 is 0 Å². The molecule has 1 amide bonds. The summed E-state index contributed by atoms with van der Waals surface area (Å²) in [5, 5.41) is 8.46. The van der Waals surface area contributed by atoms with Crippen LogP contribution in [0.4, 0.5) is 0 Å². The summed E-state index contributed by atoms with van der Waals surface area (Å²) in [4.78, 5) is 12.9. The molecule has 42 valence electrons. The Hall–Kier alpha value is -0.650. The lowest BCUT2D eigenvalue weighted by Gasteiger charge is -2.05. The quantitative estimate of drug-likeness (QED) is 0.275. The topological polar surface area (TPSA) is 61.8 Å². The monoisotopic (exact) mass is 106 g/mol. The summed E-state index contributed by atoms with van der Waals surface area (Å²) in [6.07, 6.45) is 0.441. The number of rotatable bonds is 3. The maximum atomic E-state index is 9.57. The van der Waals surface area contributed by atoms with Gasteiger partial charge >= 0.3 is 0 Å². The molecule has 2 N–H and O–H groups in total. The Morgan fingerprint density at radius 1 is 2.00 bits per heavy atom. The molecule has 0 aromatic carbocycles. The van der Waals surface area contributed by atoms with E-state index in [2.05, 4.69) is 4.99 Å². The first-order valence-corrected chi connectivity index (χ1v) is 1.55. The Morgan fingerprint density at radius 3 is 2.71 bits per heavy atom. The molecular weight excluding hydrogens is 100 g/mol. The van der Waals surface area contributed by atoms with Crippen molar-refractivity contribution in [2.24, 2.45) is 0 Å². The number of hydrogen-bond acceptors (Lipinski definition) is 4. The number of hydrogen-bond donors (Lipinski definition) is 2. The van der Waals surface area contributed by atoms with Crippen molar-refractivity contribution >= 4 is 6.41 Å². The second-order valence-electron chi connectivity index (χ2n) is 0.899. The van der Waals surface area contributed by atoms with Gasteiger partial charge in [0.25, 0.3) is 0 Å². The van der Waals surface area contributed by atoms with Gasteiger partial charge in [-0.15, -0.1) is 4.99 Å². The Morgan fingerprint density at radius 2 is 2.57 bits per heavy atom. The minimum Gasteiger partial charge on any atom is -0.277 e. The highest BCUT2D eigenvalue weighted by molar-refractivity contribution is 5.44. The smallest absolute Gasteiger partial charge is 0.225 e. The summed E-state index contributed by atoms with van der Waals surface area (Å²) < 4.78 is 0. The van der Waals surface area contributed by atoms with Gasteiger partial charge in [-0.1, -0.05) is 5.59 Å². The van der Waals surface area contributed by atoms with E-state index in [1.165, 1.54) is 7.05 Å². The van der Waals surface area contributed by atoms with Crippen LogP contribution in [-0.4, -0.2) is 23.7 Å². The van der Waals surface area contributed by atoms with Crippen molar-refractivity contribution in [3.63, 3.8) is 0 Å². The molecule has 5 nitrogen and oxygen atoms in total. The third-order valence-electron chi connectivity index (χ3n) is 0.343. The second-order valence-corrected chi connectivity index (χ2v) is 0.899. The average Bonchev–Trinajstić information content (AvgIpc) is 1.68. The first-order chi connectivity index (χ1) is 3.31. The molecule has 0 spiro atoms. The molecule has 0 bridgehead atoms. The lowest BCUT2D eigenvalue weighted by Crippen LogP contribution is -2.31. The van der Waals surface area contributed by atoms with Crippen molar-refractivity contribution < 1.29 is 15.0 Å².